The molecular weight excluding hydrogens is 317 g/mol. The minimum Gasteiger partial charge on any atom is -0.355 e. The molecule has 1 amide bonds. The first-order valence-corrected chi connectivity index (χ1v) is 8.13. The summed E-state index contributed by atoms with van der Waals surface area (Å²) in [4.78, 5) is 24.5. The van der Waals surface area contributed by atoms with Gasteiger partial charge in [0.05, 0.1) is 5.92 Å². The first kappa shape index (κ1) is 18.8. The summed E-state index contributed by atoms with van der Waals surface area (Å²) in [6, 6.07) is 14.0. The van der Waals surface area contributed by atoms with Crippen molar-refractivity contribution in [2.45, 2.75) is 33.1 Å². The van der Waals surface area contributed by atoms with Crippen molar-refractivity contribution in [2.75, 3.05) is 6.54 Å². The summed E-state index contributed by atoms with van der Waals surface area (Å²) in [5, 5.41) is 2.87. The maximum Gasteiger partial charge on any atom is 0.224 e. The Labute approximate surface area is 148 Å². The Morgan fingerprint density at radius 3 is 2.40 bits per heavy atom. The van der Waals surface area contributed by atoms with Crippen LogP contribution in [0.5, 0.6) is 0 Å². The van der Waals surface area contributed by atoms with E-state index in [4.69, 9.17) is 0 Å². The number of carbonyl (C=O) groups is 2. The van der Waals surface area contributed by atoms with Crippen molar-refractivity contribution in [3.05, 3.63) is 71.0 Å². The third-order valence-electron chi connectivity index (χ3n) is 4.59. The Kier molecular flexibility index (Phi) is 6.07. The number of carbonyl (C=O) groups excluding carboxylic acids is 2. The van der Waals surface area contributed by atoms with Gasteiger partial charge >= 0.3 is 0 Å². The minimum absolute atomic E-state index is 0. The lowest BCUT2D eigenvalue weighted by Gasteiger charge is -2.17. The standard InChI is InChI=1S/C20H20FNO2.CH4/c1-13-2-6-15(7-3-13)19-12-22-20(24)18(19)11-17(23)10-14-4-8-16(21)9-5-14;/h2-9,18-19H,10-12H2,1H3,(H,22,24);1H4/t18?,19-;/m0./s1. The van der Waals surface area contributed by atoms with Crippen molar-refractivity contribution in [2.24, 2.45) is 5.92 Å². The molecule has 0 aromatic heterocycles. The molecule has 0 aliphatic carbocycles. The molecule has 0 radical (unpaired) electrons. The normalized spacial score (nSPS) is 19.2. The summed E-state index contributed by atoms with van der Waals surface area (Å²) < 4.78 is 12.9. The molecule has 0 spiro atoms. The number of halogens is 1. The van der Waals surface area contributed by atoms with Crippen LogP contribution in [0.3, 0.4) is 0 Å². The number of ketones is 1. The molecule has 2 aromatic rings. The molecule has 132 valence electrons. The lowest BCUT2D eigenvalue weighted by molar-refractivity contribution is -0.127. The van der Waals surface area contributed by atoms with Crippen LogP contribution in [0.4, 0.5) is 4.39 Å². The summed E-state index contributed by atoms with van der Waals surface area (Å²) in [7, 11) is 0. The van der Waals surface area contributed by atoms with Crippen molar-refractivity contribution >= 4 is 11.7 Å². The Hall–Kier alpha value is -2.49. The first-order valence-electron chi connectivity index (χ1n) is 8.13. The predicted molar refractivity (Wildman–Crippen MR) is 96.9 cm³/mol. The van der Waals surface area contributed by atoms with Crippen LogP contribution in [0.2, 0.25) is 0 Å². The fourth-order valence-corrected chi connectivity index (χ4v) is 3.21. The van der Waals surface area contributed by atoms with Gasteiger partial charge in [-0.05, 0) is 30.2 Å². The number of rotatable bonds is 5. The van der Waals surface area contributed by atoms with E-state index in [0.717, 1.165) is 11.1 Å². The quantitative estimate of drug-likeness (QED) is 0.899. The van der Waals surface area contributed by atoms with Gasteiger partial charge in [-0.3, -0.25) is 9.59 Å². The highest BCUT2D eigenvalue weighted by Gasteiger charge is 2.36. The van der Waals surface area contributed by atoms with Gasteiger partial charge in [-0.2, -0.15) is 0 Å². The molecular formula is C21H24FNO2. The van der Waals surface area contributed by atoms with Crippen LogP contribution in [-0.4, -0.2) is 18.2 Å². The van der Waals surface area contributed by atoms with Crippen LogP contribution in [-0.2, 0) is 16.0 Å². The van der Waals surface area contributed by atoms with Crippen molar-refractivity contribution in [1.29, 1.82) is 0 Å². The van der Waals surface area contributed by atoms with E-state index in [1.165, 1.54) is 17.7 Å². The number of benzene rings is 2. The average Bonchev–Trinajstić information content (AvgIpc) is 2.91. The van der Waals surface area contributed by atoms with E-state index in [1.807, 2.05) is 31.2 Å². The molecule has 3 nitrogen and oxygen atoms in total. The molecule has 3 rings (SSSR count). The molecule has 0 saturated carbocycles. The van der Waals surface area contributed by atoms with E-state index in [-0.39, 0.29) is 49.6 Å². The molecule has 1 heterocycles. The number of aryl methyl sites for hydroxylation is 1. The number of hydrogen-bond acceptors (Lipinski definition) is 2. The second-order valence-corrected chi connectivity index (χ2v) is 6.41. The second kappa shape index (κ2) is 8.06. The van der Waals surface area contributed by atoms with Crippen LogP contribution >= 0.6 is 0 Å². The zero-order valence-corrected chi connectivity index (χ0v) is 13.6. The molecule has 2 atom stereocenters. The molecule has 1 fully saturated rings. The van der Waals surface area contributed by atoms with E-state index < -0.39 is 0 Å². The summed E-state index contributed by atoms with van der Waals surface area (Å²) >= 11 is 0. The highest BCUT2D eigenvalue weighted by atomic mass is 19.1. The van der Waals surface area contributed by atoms with E-state index in [2.05, 4.69) is 5.32 Å². The number of amides is 1. The average molecular weight is 341 g/mol. The van der Waals surface area contributed by atoms with Gasteiger partial charge in [0.2, 0.25) is 5.91 Å². The smallest absolute Gasteiger partial charge is 0.224 e. The van der Waals surface area contributed by atoms with Gasteiger partial charge in [-0.25, -0.2) is 4.39 Å². The molecule has 1 saturated heterocycles. The van der Waals surface area contributed by atoms with Gasteiger partial charge < -0.3 is 5.32 Å². The highest BCUT2D eigenvalue weighted by molar-refractivity contribution is 5.90. The third kappa shape index (κ3) is 4.53. The number of hydrogen-bond donors (Lipinski definition) is 1. The second-order valence-electron chi connectivity index (χ2n) is 6.41. The Morgan fingerprint density at radius 2 is 1.76 bits per heavy atom. The van der Waals surface area contributed by atoms with Crippen LogP contribution < -0.4 is 5.32 Å². The molecule has 1 unspecified atom stereocenters. The minimum atomic E-state index is -0.333. The lowest BCUT2D eigenvalue weighted by atomic mass is 9.84. The largest absolute Gasteiger partial charge is 0.355 e. The topological polar surface area (TPSA) is 46.2 Å². The van der Waals surface area contributed by atoms with Crippen molar-refractivity contribution < 1.29 is 14.0 Å². The first-order chi connectivity index (χ1) is 11.5. The SMILES string of the molecule is C.Cc1ccc([C@@H]2CNC(=O)C2CC(=O)Cc2ccc(F)cc2)cc1. The lowest BCUT2D eigenvalue weighted by Crippen LogP contribution is -2.23. The summed E-state index contributed by atoms with van der Waals surface area (Å²) in [5.41, 5.74) is 3.02. The van der Waals surface area contributed by atoms with E-state index in [0.29, 0.717) is 6.54 Å². The molecule has 1 aliphatic heterocycles. The van der Waals surface area contributed by atoms with Crippen LogP contribution in [0.1, 0.15) is 36.5 Å². The van der Waals surface area contributed by atoms with E-state index >= 15 is 0 Å². The van der Waals surface area contributed by atoms with Gasteiger partial charge in [0.15, 0.2) is 0 Å². The maximum absolute atomic E-state index is 12.9. The van der Waals surface area contributed by atoms with Gasteiger partial charge in [-0.1, -0.05) is 49.4 Å². The highest BCUT2D eigenvalue weighted by Crippen LogP contribution is 2.32. The predicted octanol–water partition coefficient (Wildman–Crippen LogP) is 3.80. The van der Waals surface area contributed by atoms with Gasteiger partial charge in [-0.15, -0.1) is 0 Å². The summed E-state index contributed by atoms with van der Waals surface area (Å²) in [5.74, 6) is -0.689. The monoisotopic (exact) mass is 341 g/mol. The van der Waals surface area contributed by atoms with Crippen LogP contribution in [0, 0.1) is 18.7 Å². The van der Waals surface area contributed by atoms with Crippen LogP contribution in [0.15, 0.2) is 48.5 Å². The molecule has 1 aliphatic rings. The van der Waals surface area contributed by atoms with Crippen molar-refractivity contribution in [1.82, 2.24) is 5.32 Å². The number of Topliss-reactive ketones (excluding diaryl/α,β-unsaturated/α-hetero) is 1. The summed E-state index contributed by atoms with van der Waals surface area (Å²) in [6.07, 6.45) is 0.437. The zero-order valence-electron chi connectivity index (χ0n) is 13.6. The van der Waals surface area contributed by atoms with Gasteiger partial charge in [0, 0.05) is 25.3 Å². The molecule has 25 heavy (non-hydrogen) atoms. The van der Waals surface area contributed by atoms with Crippen LogP contribution in [0.25, 0.3) is 0 Å². The maximum atomic E-state index is 12.9. The van der Waals surface area contributed by atoms with Crippen molar-refractivity contribution in [3.63, 3.8) is 0 Å². The number of nitrogens with one attached hydrogen (secondary N) is 1. The molecule has 2 aromatic carbocycles. The molecule has 4 heteroatoms. The Bertz CT molecular complexity index is 737. The molecule has 0 bridgehead atoms. The third-order valence-corrected chi connectivity index (χ3v) is 4.59. The van der Waals surface area contributed by atoms with E-state index in [9.17, 15) is 14.0 Å². The van der Waals surface area contributed by atoms with E-state index in [1.54, 1.807) is 12.1 Å². The Morgan fingerprint density at radius 1 is 1.12 bits per heavy atom. The molecule has 1 N–H and O–H groups in total. The van der Waals surface area contributed by atoms with Gasteiger partial charge in [0.25, 0.3) is 0 Å². The fourth-order valence-electron chi connectivity index (χ4n) is 3.21. The van der Waals surface area contributed by atoms with Crippen molar-refractivity contribution in [3.8, 4) is 0 Å². The fraction of sp³-hybridized carbons (Fsp3) is 0.333. The summed E-state index contributed by atoms with van der Waals surface area (Å²) in [6.45, 7) is 2.59. The Balaban J connectivity index is 0.00000225. The van der Waals surface area contributed by atoms with Gasteiger partial charge in [0.1, 0.15) is 11.6 Å². The zero-order chi connectivity index (χ0) is 17.1.